The number of carbonyl (C=O) groups is 1. The minimum Gasteiger partial charge on any atom is -0.354 e. The molecule has 1 aromatic heterocycles. The van der Waals surface area contributed by atoms with Crippen molar-refractivity contribution < 1.29 is 9.72 Å². The van der Waals surface area contributed by atoms with Gasteiger partial charge in [0.15, 0.2) is 5.13 Å². The van der Waals surface area contributed by atoms with E-state index < -0.39 is 0 Å². The summed E-state index contributed by atoms with van der Waals surface area (Å²) < 4.78 is 0.829. The highest BCUT2D eigenvalue weighted by molar-refractivity contribution is 8.00. The molecule has 1 aliphatic heterocycles. The smallest absolute Gasteiger partial charge is 0.270 e. The number of carbonyl (C=O) groups excluding carboxylic acids is 1. The molecule has 0 unspecified atom stereocenters. The number of rotatable bonds is 8. The summed E-state index contributed by atoms with van der Waals surface area (Å²) in [7, 11) is 0. The lowest BCUT2D eigenvalue weighted by atomic mass is 10.3. The quantitative estimate of drug-likeness (QED) is 0.290. The molecule has 0 radical (unpaired) electrons. The highest BCUT2D eigenvalue weighted by Crippen LogP contribution is 2.31. The molecular weight excluding hydrogens is 470 g/mol. The first kappa shape index (κ1) is 22.8. The molecule has 4 rings (SSSR count). The fourth-order valence-corrected chi connectivity index (χ4v) is 5.30. The number of nitrogens with zero attached hydrogens (tertiary/aromatic N) is 4. The SMILES string of the molecule is O=C(CSc1ccc(Cl)cc1)NCCN1CCN(c2nc3ccc([N+](=O)[O-])cc3s2)CC1. The van der Waals surface area contributed by atoms with E-state index in [-0.39, 0.29) is 16.5 Å². The summed E-state index contributed by atoms with van der Waals surface area (Å²) in [6.45, 7) is 4.85. The Morgan fingerprint density at radius 1 is 1.19 bits per heavy atom. The number of aromatic nitrogens is 1. The third kappa shape index (κ3) is 5.89. The van der Waals surface area contributed by atoms with Crippen molar-refractivity contribution in [3.8, 4) is 0 Å². The Balaban J connectivity index is 1.19. The van der Waals surface area contributed by atoms with Gasteiger partial charge in [-0.25, -0.2) is 4.98 Å². The second kappa shape index (κ2) is 10.5. The van der Waals surface area contributed by atoms with Crippen LogP contribution in [0.4, 0.5) is 10.8 Å². The van der Waals surface area contributed by atoms with E-state index in [9.17, 15) is 14.9 Å². The lowest BCUT2D eigenvalue weighted by Crippen LogP contribution is -2.48. The number of anilines is 1. The molecule has 8 nitrogen and oxygen atoms in total. The van der Waals surface area contributed by atoms with Gasteiger partial charge in [0.05, 0.1) is 20.9 Å². The van der Waals surface area contributed by atoms with Gasteiger partial charge in [0.25, 0.3) is 5.69 Å². The summed E-state index contributed by atoms with van der Waals surface area (Å²) in [5.74, 6) is 0.401. The summed E-state index contributed by atoms with van der Waals surface area (Å²) in [5.41, 5.74) is 0.878. The highest BCUT2D eigenvalue weighted by Gasteiger charge is 2.20. The molecular formula is C21H22ClN5O3S2. The van der Waals surface area contributed by atoms with Gasteiger partial charge in [0.1, 0.15) is 0 Å². The second-order valence-corrected chi connectivity index (χ2v) is 9.82. The Morgan fingerprint density at radius 2 is 1.94 bits per heavy atom. The van der Waals surface area contributed by atoms with E-state index in [4.69, 9.17) is 11.6 Å². The number of halogens is 1. The number of amides is 1. The monoisotopic (exact) mass is 491 g/mol. The van der Waals surface area contributed by atoms with Crippen molar-refractivity contribution >= 4 is 61.6 Å². The first-order chi connectivity index (χ1) is 15.5. The molecule has 11 heteroatoms. The first-order valence-corrected chi connectivity index (χ1v) is 12.3. The van der Waals surface area contributed by atoms with Gasteiger partial charge in [-0.05, 0) is 30.3 Å². The van der Waals surface area contributed by atoms with E-state index in [1.807, 2.05) is 24.3 Å². The summed E-state index contributed by atoms with van der Waals surface area (Å²) in [6, 6.07) is 12.2. The summed E-state index contributed by atoms with van der Waals surface area (Å²) in [6.07, 6.45) is 0. The predicted octanol–water partition coefficient (Wildman–Crippen LogP) is 3.89. The number of non-ortho nitro benzene ring substituents is 1. The predicted molar refractivity (Wildman–Crippen MR) is 130 cm³/mol. The molecule has 1 aliphatic rings. The van der Waals surface area contributed by atoms with Gasteiger partial charge in [-0.1, -0.05) is 22.9 Å². The van der Waals surface area contributed by atoms with Gasteiger partial charge in [-0.3, -0.25) is 19.8 Å². The number of hydrogen-bond donors (Lipinski definition) is 1. The number of hydrogen-bond acceptors (Lipinski definition) is 8. The van der Waals surface area contributed by atoms with E-state index in [2.05, 4.69) is 20.1 Å². The van der Waals surface area contributed by atoms with Crippen LogP contribution in [0.25, 0.3) is 10.2 Å². The minimum atomic E-state index is -0.382. The second-order valence-electron chi connectivity index (χ2n) is 7.33. The summed E-state index contributed by atoms with van der Waals surface area (Å²) >= 11 is 8.85. The van der Waals surface area contributed by atoms with Gasteiger partial charge in [0.2, 0.25) is 5.91 Å². The number of nitro groups is 1. The zero-order valence-corrected chi connectivity index (χ0v) is 19.6. The highest BCUT2D eigenvalue weighted by atomic mass is 35.5. The molecule has 0 atom stereocenters. The molecule has 1 fully saturated rings. The van der Waals surface area contributed by atoms with Crippen LogP contribution in [-0.4, -0.2) is 65.7 Å². The third-order valence-electron chi connectivity index (χ3n) is 5.15. The van der Waals surface area contributed by atoms with E-state index in [0.29, 0.717) is 17.3 Å². The average molecular weight is 492 g/mol. The van der Waals surface area contributed by atoms with Crippen LogP contribution in [0.5, 0.6) is 0 Å². The van der Waals surface area contributed by atoms with Crippen molar-refractivity contribution in [2.24, 2.45) is 0 Å². The Labute approximate surface area is 198 Å². The number of benzene rings is 2. The van der Waals surface area contributed by atoms with E-state index in [1.165, 1.54) is 29.2 Å². The van der Waals surface area contributed by atoms with Crippen molar-refractivity contribution in [3.05, 3.63) is 57.6 Å². The van der Waals surface area contributed by atoms with Crippen LogP contribution >= 0.6 is 34.7 Å². The number of thioether (sulfide) groups is 1. The maximum Gasteiger partial charge on any atom is 0.270 e. The van der Waals surface area contributed by atoms with Crippen LogP contribution < -0.4 is 10.2 Å². The van der Waals surface area contributed by atoms with Gasteiger partial charge < -0.3 is 10.2 Å². The normalized spacial score (nSPS) is 14.6. The van der Waals surface area contributed by atoms with Gasteiger partial charge in [-0.2, -0.15) is 0 Å². The molecule has 32 heavy (non-hydrogen) atoms. The number of nitro benzene ring substituents is 1. The lowest BCUT2D eigenvalue weighted by molar-refractivity contribution is -0.384. The minimum absolute atomic E-state index is 0.0205. The maximum atomic E-state index is 12.1. The zero-order valence-electron chi connectivity index (χ0n) is 17.2. The van der Waals surface area contributed by atoms with Crippen molar-refractivity contribution in [1.29, 1.82) is 0 Å². The molecule has 1 saturated heterocycles. The van der Waals surface area contributed by atoms with Crippen molar-refractivity contribution in [1.82, 2.24) is 15.2 Å². The molecule has 3 aromatic rings. The molecule has 0 saturated carbocycles. The maximum absolute atomic E-state index is 12.1. The van der Waals surface area contributed by atoms with Gasteiger partial charge >= 0.3 is 0 Å². The third-order valence-corrected chi connectivity index (χ3v) is 7.49. The summed E-state index contributed by atoms with van der Waals surface area (Å²) in [4.78, 5) is 32.9. The lowest BCUT2D eigenvalue weighted by Gasteiger charge is -2.34. The van der Waals surface area contributed by atoms with E-state index in [0.717, 1.165) is 53.0 Å². The van der Waals surface area contributed by atoms with Crippen LogP contribution in [0.2, 0.25) is 5.02 Å². The molecule has 0 spiro atoms. The average Bonchev–Trinajstić information content (AvgIpc) is 3.22. The number of fused-ring (bicyclic) bond motifs is 1. The zero-order chi connectivity index (χ0) is 22.5. The standard InChI is InChI=1S/C21H22ClN5O3S2/c22-15-1-4-17(5-2-15)31-14-20(28)23-7-8-25-9-11-26(12-10-25)21-24-18-6-3-16(27(29)30)13-19(18)32-21/h1-6,13H,7-12,14H2,(H,23,28). The van der Waals surface area contributed by atoms with Crippen molar-refractivity contribution in [3.63, 3.8) is 0 Å². The first-order valence-electron chi connectivity index (χ1n) is 10.2. The van der Waals surface area contributed by atoms with Gasteiger partial charge in [-0.15, -0.1) is 11.8 Å². The van der Waals surface area contributed by atoms with E-state index >= 15 is 0 Å². The fourth-order valence-electron chi connectivity index (χ4n) is 3.40. The molecule has 168 valence electrons. The molecule has 1 amide bonds. The topological polar surface area (TPSA) is 91.6 Å². The van der Waals surface area contributed by atoms with Crippen molar-refractivity contribution in [2.45, 2.75) is 4.90 Å². The van der Waals surface area contributed by atoms with Crippen LogP contribution in [0.3, 0.4) is 0 Å². The van der Waals surface area contributed by atoms with Crippen LogP contribution in [0, 0.1) is 10.1 Å². The van der Waals surface area contributed by atoms with Crippen LogP contribution in [0.15, 0.2) is 47.4 Å². The number of thiazole rings is 1. The molecule has 0 aliphatic carbocycles. The molecule has 2 heterocycles. The van der Waals surface area contributed by atoms with Crippen LogP contribution in [-0.2, 0) is 4.79 Å². The van der Waals surface area contributed by atoms with Crippen LogP contribution in [0.1, 0.15) is 0 Å². The van der Waals surface area contributed by atoms with E-state index in [1.54, 1.807) is 12.1 Å². The fraction of sp³-hybridized carbons (Fsp3) is 0.333. The largest absolute Gasteiger partial charge is 0.354 e. The Bertz CT molecular complexity index is 1100. The number of nitrogens with one attached hydrogen (secondary N) is 1. The number of piperazine rings is 1. The molecule has 1 N–H and O–H groups in total. The summed E-state index contributed by atoms with van der Waals surface area (Å²) in [5, 5.41) is 15.5. The van der Waals surface area contributed by atoms with Crippen molar-refractivity contribution in [2.75, 3.05) is 49.9 Å². The molecule has 2 aromatic carbocycles. The Morgan fingerprint density at radius 3 is 2.66 bits per heavy atom. The Kier molecular flexibility index (Phi) is 7.46. The Hall–Kier alpha value is -2.40. The van der Waals surface area contributed by atoms with Gasteiger partial charge in [0, 0.05) is 61.3 Å². The molecule has 0 bridgehead atoms.